The molecule has 0 radical (unpaired) electrons. The summed E-state index contributed by atoms with van der Waals surface area (Å²) in [4.78, 5) is 0. The molecular weight excluding hydrogens is 430 g/mol. The Morgan fingerprint density at radius 1 is 0.879 bits per heavy atom. The van der Waals surface area contributed by atoms with Crippen molar-refractivity contribution in [1.82, 2.24) is 5.32 Å². The van der Waals surface area contributed by atoms with Gasteiger partial charge in [0.15, 0.2) is 6.29 Å². The Morgan fingerprint density at radius 3 is 2.21 bits per heavy atom. The molecule has 6 N–H and O–H groups in total. The molecule has 1 aliphatic carbocycles. The topological polar surface area (TPSA) is 141 Å². The van der Waals surface area contributed by atoms with E-state index in [0.717, 1.165) is 19.4 Å². The average molecular weight is 476 g/mol. The highest BCUT2D eigenvalue weighted by molar-refractivity contribution is 5.01. The maximum atomic E-state index is 11.6. The van der Waals surface area contributed by atoms with Gasteiger partial charge in [0, 0.05) is 18.4 Å². The minimum Gasteiger partial charge on any atom is -0.394 e. The molecule has 0 aromatic rings. The van der Waals surface area contributed by atoms with Crippen LogP contribution in [0, 0.1) is 17.8 Å². The van der Waals surface area contributed by atoms with Gasteiger partial charge in [-0.15, -0.1) is 0 Å². The Kier molecular flexibility index (Phi) is 9.95. The van der Waals surface area contributed by atoms with Crippen LogP contribution in [0.2, 0.25) is 0 Å². The Bertz CT molecular complexity index is 597. The molecule has 1 saturated carbocycles. The monoisotopic (exact) mass is 475 g/mol. The lowest BCUT2D eigenvalue weighted by atomic mass is 9.68. The van der Waals surface area contributed by atoms with Crippen molar-refractivity contribution in [3.8, 4) is 0 Å². The number of aliphatic hydroxyl groups excluding tert-OH is 5. The molecule has 2 heterocycles. The van der Waals surface area contributed by atoms with Gasteiger partial charge in [-0.2, -0.15) is 0 Å². The molecule has 0 aromatic carbocycles. The van der Waals surface area contributed by atoms with E-state index in [1.165, 1.54) is 0 Å². The fraction of sp³-hybridized carbons (Fsp3) is 1.00. The standard InChI is InChI=1S/C24H45NO8/c1-5-7-25-14-8-12(3)20(22-13(4)9-15(27)18(6-2)31-22)21(30)23(14)33-24-17(29)10-16(28)19(11-26)32-24/h12-30H,5-11H2,1-4H3. The first-order valence-electron chi connectivity index (χ1n) is 12.7. The summed E-state index contributed by atoms with van der Waals surface area (Å²) in [5.41, 5.74) is 0. The zero-order valence-corrected chi connectivity index (χ0v) is 20.4. The zero-order valence-electron chi connectivity index (χ0n) is 20.4. The van der Waals surface area contributed by atoms with Crippen LogP contribution in [-0.2, 0) is 14.2 Å². The minimum atomic E-state index is -1.07. The van der Waals surface area contributed by atoms with Crippen LogP contribution in [0.15, 0.2) is 0 Å². The molecule has 3 rings (SSSR count). The van der Waals surface area contributed by atoms with Gasteiger partial charge in [0.05, 0.1) is 37.1 Å². The van der Waals surface area contributed by atoms with Gasteiger partial charge in [0.1, 0.15) is 18.3 Å². The van der Waals surface area contributed by atoms with Crippen molar-refractivity contribution in [3.05, 3.63) is 0 Å². The van der Waals surface area contributed by atoms with Gasteiger partial charge in [-0.3, -0.25) is 0 Å². The second-order valence-electron chi connectivity index (χ2n) is 10.4. The third-order valence-corrected chi connectivity index (χ3v) is 7.79. The fourth-order valence-corrected chi connectivity index (χ4v) is 5.95. The predicted octanol–water partition coefficient (Wildman–Crippen LogP) is 0.150. The van der Waals surface area contributed by atoms with Gasteiger partial charge in [-0.1, -0.05) is 27.7 Å². The van der Waals surface area contributed by atoms with Gasteiger partial charge in [-0.25, -0.2) is 0 Å². The number of hydrogen-bond acceptors (Lipinski definition) is 9. The van der Waals surface area contributed by atoms with Crippen molar-refractivity contribution in [1.29, 1.82) is 0 Å². The lowest BCUT2D eigenvalue weighted by Crippen LogP contribution is -2.63. The Balaban J connectivity index is 1.81. The Hall–Kier alpha value is -0.360. The van der Waals surface area contributed by atoms with Gasteiger partial charge >= 0.3 is 0 Å². The molecule has 0 amide bonds. The predicted molar refractivity (Wildman–Crippen MR) is 121 cm³/mol. The normalized spacial score (nSPS) is 49.2. The second-order valence-corrected chi connectivity index (χ2v) is 10.4. The number of aliphatic hydroxyl groups is 5. The van der Waals surface area contributed by atoms with E-state index in [9.17, 15) is 25.5 Å². The number of hydrogen-bond donors (Lipinski definition) is 6. The van der Waals surface area contributed by atoms with Crippen molar-refractivity contribution in [3.63, 3.8) is 0 Å². The molecule has 13 unspecified atom stereocenters. The first-order chi connectivity index (χ1) is 15.7. The highest BCUT2D eigenvalue weighted by atomic mass is 16.7. The van der Waals surface area contributed by atoms with E-state index >= 15 is 0 Å². The summed E-state index contributed by atoms with van der Waals surface area (Å²) in [6.45, 7) is 8.62. The van der Waals surface area contributed by atoms with Crippen LogP contribution >= 0.6 is 0 Å². The summed E-state index contributed by atoms with van der Waals surface area (Å²) >= 11 is 0. The van der Waals surface area contributed by atoms with E-state index in [2.05, 4.69) is 26.1 Å². The van der Waals surface area contributed by atoms with Crippen molar-refractivity contribution in [2.75, 3.05) is 13.2 Å². The van der Waals surface area contributed by atoms with E-state index in [-0.39, 0.29) is 49.0 Å². The lowest BCUT2D eigenvalue weighted by molar-refractivity contribution is -0.305. The summed E-state index contributed by atoms with van der Waals surface area (Å²) in [5.74, 6) is 0.0287. The highest BCUT2D eigenvalue weighted by Crippen LogP contribution is 2.42. The average Bonchev–Trinajstić information content (AvgIpc) is 2.77. The quantitative estimate of drug-likeness (QED) is 0.289. The molecule has 0 spiro atoms. The van der Waals surface area contributed by atoms with Crippen molar-refractivity contribution >= 4 is 0 Å². The van der Waals surface area contributed by atoms with Crippen molar-refractivity contribution < 1.29 is 39.7 Å². The molecule has 194 valence electrons. The van der Waals surface area contributed by atoms with Crippen molar-refractivity contribution in [2.45, 2.75) is 121 Å². The Morgan fingerprint density at radius 2 is 1.58 bits per heavy atom. The molecule has 0 bridgehead atoms. The van der Waals surface area contributed by atoms with Crippen LogP contribution < -0.4 is 5.32 Å². The molecule has 9 heteroatoms. The van der Waals surface area contributed by atoms with Gasteiger partial charge in [0.2, 0.25) is 0 Å². The van der Waals surface area contributed by atoms with Crippen LogP contribution in [0.25, 0.3) is 0 Å². The van der Waals surface area contributed by atoms with E-state index < -0.39 is 42.9 Å². The molecule has 9 nitrogen and oxygen atoms in total. The fourth-order valence-electron chi connectivity index (χ4n) is 5.95. The molecule has 3 fully saturated rings. The lowest BCUT2D eigenvalue weighted by Gasteiger charge is -2.51. The van der Waals surface area contributed by atoms with E-state index in [1.807, 2.05) is 6.92 Å². The smallest absolute Gasteiger partial charge is 0.184 e. The molecular formula is C24H45NO8. The van der Waals surface area contributed by atoms with E-state index in [1.54, 1.807) is 0 Å². The summed E-state index contributed by atoms with van der Waals surface area (Å²) in [6, 6.07) is -0.145. The summed E-state index contributed by atoms with van der Waals surface area (Å²) in [5, 5.41) is 55.5. The third kappa shape index (κ3) is 6.08. The van der Waals surface area contributed by atoms with E-state index in [4.69, 9.17) is 14.2 Å². The second kappa shape index (κ2) is 12.1. The van der Waals surface area contributed by atoms with Crippen LogP contribution in [-0.4, -0.2) is 99.8 Å². The molecule has 33 heavy (non-hydrogen) atoms. The van der Waals surface area contributed by atoms with Crippen LogP contribution in [0.5, 0.6) is 0 Å². The maximum Gasteiger partial charge on any atom is 0.184 e. The van der Waals surface area contributed by atoms with Crippen molar-refractivity contribution in [2.24, 2.45) is 17.8 Å². The van der Waals surface area contributed by atoms with Gasteiger partial charge in [-0.05, 0) is 44.1 Å². The molecule has 2 saturated heterocycles. The van der Waals surface area contributed by atoms with Crippen LogP contribution in [0.1, 0.15) is 59.8 Å². The van der Waals surface area contributed by atoms with Crippen LogP contribution in [0.3, 0.4) is 0 Å². The number of rotatable bonds is 8. The zero-order chi connectivity index (χ0) is 24.3. The van der Waals surface area contributed by atoms with E-state index in [0.29, 0.717) is 12.8 Å². The first kappa shape index (κ1) is 27.2. The largest absolute Gasteiger partial charge is 0.394 e. The number of nitrogens with one attached hydrogen (secondary N) is 1. The molecule has 3 aliphatic rings. The molecule has 0 aromatic heterocycles. The summed E-state index contributed by atoms with van der Waals surface area (Å²) in [6.07, 6.45) is -3.40. The van der Waals surface area contributed by atoms with Crippen LogP contribution in [0.4, 0.5) is 0 Å². The maximum absolute atomic E-state index is 11.6. The summed E-state index contributed by atoms with van der Waals surface area (Å²) in [7, 11) is 0. The first-order valence-corrected chi connectivity index (χ1v) is 12.7. The Labute approximate surface area is 197 Å². The third-order valence-electron chi connectivity index (χ3n) is 7.79. The van der Waals surface area contributed by atoms with Gasteiger partial charge < -0.3 is 45.1 Å². The molecule has 13 atom stereocenters. The minimum absolute atomic E-state index is 0.0322. The molecule has 2 aliphatic heterocycles. The number of ether oxygens (including phenoxy) is 3. The SMILES string of the molecule is CCCNC1CC(C)C(C2OC(CC)C(O)CC2C)C(O)C1OC1OC(CO)C(O)CC1O. The summed E-state index contributed by atoms with van der Waals surface area (Å²) < 4.78 is 18.2. The van der Waals surface area contributed by atoms with Gasteiger partial charge in [0.25, 0.3) is 0 Å². The highest BCUT2D eigenvalue weighted by Gasteiger charge is 2.51.